The van der Waals surface area contributed by atoms with Crippen LogP contribution >= 0.6 is 15.9 Å². The Labute approximate surface area is 226 Å². The first-order valence-corrected chi connectivity index (χ1v) is 13.3. The number of phenolic OH excluding ortho intramolecular Hbond substituents is 1. The molecule has 6 heteroatoms. The van der Waals surface area contributed by atoms with E-state index in [1.54, 1.807) is 36.4 Å². The number of carbonyl (C=O) groups excluding carboxylic acids is 2. The third-order valence-corrected chi connectivity index (χ3v) is 7.03. The van der Waals surface area contributed by atoms with E-state index in [2.05, 4.69) is 68.2 Å². The molecule has 1 aliphatic heterocycles. The summed E-state index contributed by atoms with van der Waals surface area (Å²) in [6, 6.07) is 23.3. The predicted octanol–water partition coefficient (Wildman–Crippen LogP) is 6.12. The van der Waals surface area contributed by atoms with Crippen LogP contribution in [0.15, 0.2) is 89.4 Å². The number of nitrogens with zero attached hydrogens (tertiary/aromatic N) is 2. The van der Waals surface area contributed by atoms with E-state index in [-0.39, 0.29) is 23.7 Å². The number of hydrogen-bond acceptors (Lipinski definition) is 5. The van der Waals surface area contributed by atoms with E-state index in [4.69, 9.17) is 0 Å². The molecule has 3 aromatic carbocycles. The number of anilines is 1. The van der Waals surface area contributed by atoms with Gasteiger partial charge in [0.25, 0.3) is 0 Å². The van der Waals surface area contributed by atoms with E-state index in [1.807, 2.05) is 6.07 Å². The molecule has 0 atom stereocenters. The second-order valence-corrected chi connectivity index (χ2v) is 10.0. The molecule has 0 spiro atoms. The molecule has 1 N–H and O–H groups in total. The molecule has 0 radical (unpaired) electrons. The number of hydrogen-bond donors (Lipinski definition) is 1. The van der Waals surface area contributed by atoms with Gasteiger partial charge in [-0.3, -0.25) is 14.5 Å². The summed E-state index contributed by atoms with van der Waals surface area (Å²) in [5, 5.41) is 9.32. The lowest BCUT2D eigenvalue weighted by atomic mass is 10.1. The summed E-state index contributed by atoms with van der Waals surface area (Å²) in [5.41, 5.74) is 4.18. The minimum atomic E-state index is -0.264. The van der Waals surface area contributed by atoms with Crippen LogP contribution in [-0.2, 0) is 16.1 Å². The van der Waals surface area contributed by atoms with Gasteiger partial charge in [-0.25, -0.2) is 0 Å². The molecule has 0 unspecified atom stereocenters. The number of carbonyl (C=O) groups is 2. The van der Waals surface area contributed by atoms with Gasteiger partial charge in [0.05, 0.1) is 6.42 Å². The van der Waals surface area contributed by atoms with Crippen molar-refractivity contribution in [3.63, 3.8) is 0 Å². The fraction of sp³-hybridized carbons (Fsp3) is 0.226. The van der Waals surface area contributed by atoms with Crippen LogP contribution in [0.25, 0.3) is 12.2 Å². The van der Waals surface area contributed by atoms with Gasteiger partial charge >= 0.3 is 0 Å². The maximum absolute atomic E-state index is 12.3. The van der Waals surface area contributed by atoms with Crippen LogP contribution in [0.4, 0.5) is 5.69 Å². The highest BCUT2D eigenvalue weighted by Gasteiger charge is 2.16. The molecule has 0 amide bonds. The standard InChI is InChI=1S/C31H31BrN2O3/c32-31-21-27(34-18-4-17-33(19-20-34)23-25-5-2-1-3-6-25)12-10-26(31)11-16-30(37)22-29(36)15-9-24-7-13-28(35)14-8-24/h1-3,5-16,21,35H,4,17-20,22-23H2/b15-9+,16-11+. The fourth-order valence-corrected chi connectivity index (χ4v) is 4.82. The van der Waals surface area contributed by atoms with Crippen LogP contribution < -0.4 is 4.90 Å². The molecule has 0 saturated carbocycles. The van der Waals surface area contributed by atoms with Crippen molar-refractivity contribution in [2.45, 2.75) is 19.4 Å². The minimum Gasteiger partial charge on any atom is -0.508 e. The van der Waals surface area contributed by atoms with Crippen molar-refractivity contribution < 1.29 is 14.7 Å². The molecule has 0 bridgehead atoms. The highest BCUT2D eigenvalue weighted by molar-refractivity contribution is 9.10. The zero-order chi connectivity index (χ0) is 26.0. The third kappa shape index (κ3) is 8.27. The Bertz CT molecular complexity index is 1270. The lowest BCUT2D eigenvalue weighted by molar-refractivity contribution is -0.121. The van der Waals surface area contributed by atoms with Gasteiger partial charge in [0.15, 0.2) is 11.6 Å². The van der Waals surface area contributed by atoms with Gasteiger partial charge in [-0.2, -0.15) is 0 Å². The van der Waals surface area contributed by atoms with Crippen LogP contribution in [-0.4, -0.2) is 47.8 Å². The van der Waals surface area contributed by atoms with Gasteiger partial charge in [0.1, 0.15) is 5.75 Å². The SMILES string of the molecule is O=C(/C=C/c1ccc(O)cc1)CC(=O)/C=C/c1ccc(N2CCCN(Cc3ccccc3)CC2)cc1Br. The van der Waals surface area contributed by atoms with Gasteiger partial charge in [0.2, 0.25) is 0 Å². The third-order valence-electron chi connectivity index (χ3n) is 6.34. The average molecular weight is 560 g/mol. The topological polar surface area (TPSA) is 60.9 Å². The zero-order valence-electron chi connectivity index (χ0n) is 20.7. The van der Waals surface area contributed by atoms with E-state index >= 15 is 0 Å². The number of benzene rings is 3. The molecule has 3 aromatic rings. The maximum atomic E-state index is 12.3. The zero-order valence-corrected chi connectivity index (χ0v) is 22.3. The molecule has 37 heavy (non-hydrogen) atoms. The summed E-state index contributed by atoms with van der Waals surface area (Å²) < 4.78 is 0.915. The molecule has 190 valence electrons. The van der Waals surface area contributed by atoms with Crippen LogP contribution in [0, 0.1) is 0 Å². The van der Waals surface area contributed by atoms with Crippen molar-refractivity contribution >= 4 is 45.3 Å². The normalized spacial score (nSPS) is 14.8. The molecule has 1 aliphatic rings. The first kappa shape index (κ1) is 26.6. The van der Waals surface area contributed by atoms with Crippen molar-refractivity contribution in [1.82, 2.24) is 4.90 Å². The molecule has 4 rings (SSSR count). The summed E-state index contributed by atoms with van der Waals surface area (Å²) in [7, 11) is 0. The fourth-order valence-electron chi connectivity index (χ4n) is 4.32. The van der Waals surface area contributed by atoms with Crippen LogP contribution in [0.5, 0.6) is 5.75 Å². The number of ketones is 2. The summed E-state index contributed by atoms with van der Waals surface area (Å²) in [5.74, 6) is -0.345. The van der Waals surface area contributed by atoms with E-state index in [0.29, 0.717) is 0 Å². The van der Waals surface area contributed by atoms with Crippen molar-refractivity contribution in [1.29, 1.82) is 0 Å². The Balaban J connectivity index is 1.29. The number of rotatable bonds is 9. The highest BCUT2D eigenvalue weighted by Crippen LogP contribution is 2.26. The Kier molecular flexibility index (Phi) is 9.46. The Morgan fingerprint density at radius 1 is 0.838 bits per heavy atom. The van der Waals surface area contributed by atoms with Crippen molar-refractivity contribution in [2.24, 2.45) is 0 Å². The summed E-state index contributed by atoms with van der Waals surface area (Å²) in [4.78, 5) is 29.4. The second-order valence-electron chi connectivity index (χ2n) is 9.18. The van der Waals surface area contributed by atoms with Gasteiger partial charge in [-0.1, -0.05) is 76.6 Å². The van der Waals surface area contributed by atoms with Gasteiger partial charge in [0, 0.05) is 42.9 Å². The summed E-state index contributed by atoms with van der Waals surface area (Å²) >= 11 is 3.65. The molecular formula is C31H31BrN2O3. The summed E-state index contributed by atoms with van der Waals surface area (Å²) in [6.45, 7) is 5.04. The first-order valence-electron chi connectivity index (χ1n) is 12.5. The van der Waals surface area contributed by atoms with E-state index < -0.39 is 0 Å². The van der Waals surface area contributed by atoms with Crippen LogP contribution in [0.1, 0.15) is 29.5 Å². The number of halogens is 1. The van der Waals surface area contributed by atoms with Gasteiger partial charge < -0.3 is 10.0 Å². The lowest BCUT2D eigenvalue weighted by Gasteiger charge is -2.24. The van der Waals surface area contributed by atoms with Crippen LogP contribution in [0.3, 0.4) is 0 Å². The van der Waals surface area contributed by atoms with E-state index in [9.17, 15) is 14.7 Å². The molecule has 0 aromatic heterocycles. The minimum absolute atomic E-state index is 0.167. The number of allylic oxidation sites excluding steroid dienone is 2. The van der Waals surface area contributed by atoms with E-state index in [1.165, 1.54) is 17.7 Å². The first-order chi connectivity index (χ1) is 18.0. The average Bonchev–Trinajstić information content (AvgIpc) is 3.14. The highest BCUT2D eigenvalue weighted by atomic mass is 79.9. The molecule has 5 nitrogen and oxygen atoms in total. The maximum Gasteiger partial charge on any atom is 0.163 e. The van der Waals surface area contributed by atoms with Crippen molar-refractivity contribution in [3.8, 4) is 5.75 Å². The smallest absolute Gasteiger partial charge is 0.163 e. The van der Waals surface area contributed by atoms with Crippen molar-refractivity contribution in [3.05, 3.63) is 106 Å². The molecule has 0 aliphatic carbocycles. The molecular weight excluding hydrogens is 528 g/mol. The van der Waals surface area contributed by atoms with Crippen LogP contribution in [0.2, 0.25) is 0 Å². The Morgan fingerprint density at radius 3 is 2.30 bits per heavy atom. The largest absolute Gasteiger partial charge is 0.508 e. The number of phenols is 1. The number of aromatic hydroxyl groups is 1. The Hall–Kier alpha value is -3.48. The molecule has 1 heterocycles. The Morgan fingerprint density at radius 2 is 1.57 bits per heavy atom. The quantitative estimate of drug-likeness (QED) is 0.253. The lowest BCUT2D eigenvalue weighted by Crippen LogP contribution is -2.30. The molecule has 1 saturated heterocycles. The second kappa shape index (κ2) is 13.2. The van der Waals surface area contributed by atoms with Gasteiger partial charge in [-0.15, -0.1) is 0 Å². The van der Waals surface area contributed by atoms with Crippen molar-refractivity contribution in [2.75, 3.05) is 31.1 Å². The summed E-state index contributed by atoms with van der Waals surface area (Å²) in [6.07, 6.45) is 7.16. The predicted molar refractivity (Wildman–Crippen MR) is 153 cm³/mol. The van der Waals surface area contributed by atoms with Gasteiger partial charge in [-0.05, 0) is 59.5 Å². The van der Waals surface area contributed by atoms with E-state index in [0.717, 1.165) is 60.4 Å². The monoisotopic (exact) mass is 558 g/mol. The molecule has 1 fully saturated rings.